The number of hydrogen-bond donors (Lipinski definition) is 1. The fourth-order valence-electron chi connectivity index (χ4n) is 1.66. The van der Waals surface area contributed by atoms with Crippen molar-refractivity contribution in [2.24, 2.45) is 5.92 Å². The fourth-order valence-corrected chi connectivity index (χ4v) is 1.66. The van der Waals surface area contributed by atoms with E-state index in [-0.39, 0.29) is 6.61 Å². The number of carbonyl (C=O) groups excluding carboxylic acids is 1. The zero-order valence-corrected chi connectivity index (χ0v) is 10.0. The molecule has 0 saturated heterocycles. The lowest BCUT2D eigenvalue weighted by molar-refractivity contribution is -0.111. The van der Waals surface area contributed by atoms with Crippen LogP contribution in [0.1, 0.15) is 52.4 Å². The standard InChI is InChI=1S/C11H18O.C2H6O/c1-2-3-4-10-5-7-11(9-12)8-6-10;1-2-3/h5,9,11H,2-4,6-8H2,1H3;3H,2H2,1H3. The van der Waals surface area contributed by atoms with Crippen LogP contribution in [0.25, 0.3) is 0 Å². The third-order valence-electron chi connectivity index (χ3n) is 2.59. The summed E-state index contributed by atoms with van der Waals surface area (Å²) in [5.41, 5.74) is 1.58. The highest BCUT2D eigenvalue weighted by atomic mass is 16.2. The molecule has 2 heteroatoms. The third kappa shape index (κ3) is 7.32. The Kier molecular flexibility index (Phi) is 9.49. The van der Waals surface area contributed by atoms with Crippen molar-refractivity contribution < 1.29 is 9.90 Å². The van der Waals surface area contributed by atoms with Crippen LogP contribution in [0.3, 0.4) is 0 Å². The highest BCUT2D eigenvalue weighted by molar-refractivity contribution is 5.54. The molecule has 0 bridgehead atoms. The quantitative estimate of drug-likeness (QED) is 0.574. The summed E-state index contributed by atoms with van der Waals surface area (Å²) >= 11 is 0. The Bertz CT molecular complexity index is 185. The van der Waals surface area contributed by atoms with Gasteiger partial charge in [0.1, 0.15) is 6.29 Å². The van der Waals surface area contributed by atoms with Crippen molar-refractivity contribution in [3.8, 4) is 0 Å². The maximum Gasteiger partial charge on any atom is 0.123 e. The van der Waals surface area contributed by atoms with E-state index in [1.165, 1.54) is 19.3 Å². The average molecular weight is 212 g/mol. The van der Waals surface area contributed by atoms with E-state index in [1.54, 1.807) is 12.5 Å². The summed E-state index contributed by atoms with van der Waals surface area (Å²) in [4.78, 5) is 10.5. The minimum absolute atomic E-state index is 0.250. The minimum atomic E-state index is 0.250. The van der Waals surface area contributed by atoms with Gasteiger partial charge in [-0.2, -0.15) is 0 Å². The van der Waals surface area contributed by atoms with E-state index < -0.39 is 0 Å². The molecule has 2 nitrogen and oxygen atoms in total. The number of rotatable bonds is 4. The smallest absolute Gasteiger partial charge is 0.123 e. The van der Waals surface area contributed by atoms with E-state index in [9.17, 15) is 4.79 Å². The lowest BCUT2D eigenvalue weighted by Gasteiger charge is -2.16. The van der Waals surface area contributed by atoms with Crippen LogP contribution in [0.2, 0.25) is 0 Å². The number of aliphatic hydroxyl groups is 1. The van der Waals surface area contributed by atoms with Gasteiger partial charge >= 0.3 is 0 Å². The van der Waals surface area contributed by atoms with Crippen molar-refractivity contribution in [2.45, 2.75) is 52.4 Å². The van der Waals surface area contributed by atoms with E-state index in [2.05, 4.69) is 13.0 Å². The Morgan fingerprint density at radius 1 is 1.53 bits per heavy atom. The summed E-state index contributed by atoms with van der Waals surface area (Å²) in [6.45, 7) is 4.15. The van der Waals surface area contributed by atoms with Gasteiger partial charge in [0.2, 0.25) is 0 Å². The van der Waals surface area contributed by atoms with Crippen molar-refractivity contribution in [2.75, 3.05) is 6.61 Å². The molecule has 1 aliphatic carbocycles. The van der Waals surface area contributed by atoms with Gasteiger partial charge in [-0.25, -0.2) is 0 Å². The second-order valence-electron chi connectivity index (χ2n) is 3.95. The maximum absolute atomic E-state index is 10.5. The van der Waals surface area contributed by atoms with Crippen LogP contribution in [-0.2, 0) is 4.79 Å². The molecule has 0 heterocycles. The fraction of sp³-hybridized carbons (Fsp3) is 0.769. The van der Waals surface area contributed by atoms with Crippen LogP contribution in [0, 0.1) is 5.92 Å². The Morgan fingerprint density at radius 2 is 2.20 bits per heavy atom. The van der Waals surface area contributed by atoms with Gasteiger partial charge in [-0.3, -0.25) is 0 Å². The minimum Gasteiger partial charge on any atom is -0.397 e. The molecule has 1 rings (SSSR count). The number of carbonyl (C=O) groups is 1. The molecule has 0 amide bonds. The molecule has 1 N–H and O–H groups in total. The molecule has 0 spiro atoms. The van der Waals surface area contributed by atoms with Crippen LogP contribution in [0.4, 0.5) is 0 Å². The van der Waals surface area contributed by atoms with Crippen LogP contribution in [0.15, 0.2) is 11.6 Å². The molecule has 0 radical (unpaired) electrons. The zero-order chi connectivity index (χ0) is 11.5. The van der Waals surface area contributed by atoms with E-state index in [0.717, 1.165) is 25.5 Å². The summed E-state index contributed by atoms with van der Waals surface area (Å²) in [5, 5.41) is 7.57. The first-order valence-electron chi connectivity index (χ1n) is 6.02. The lowest BCUT2D eigenvalue weighted by atomic mass is 9.88. The summed E-state index contributed by atoms with van der Waals surface area (Å²) < 4.78 is 0. The third-order valence-corrected chi connectivity index (χ3v) is 2.59. The SMILES string of the molecule is CCCCC1=CCC(C=O)CC1.CCO. The molecule has 0 aromatic carbocycles. The normalized spacial score (nSPS) is 19.9. The highest BCUT2D eigenvalue weighted by Crippen LogP contribution is 2.25. The van der Waals surface area contributed by atoms with Gasteiger partial charge in [0.05, 0.1) is 0 Å². The molecule has 0 fully saturated rings. The topological polar surface area (TPSA) is 37.3 Å². The van der Waals surface area contributed by atoms with Gasteiger partial charge in [0.25, 0.3) is 0 Å². The molecule has 0 aromatic rings. The predicted molar refractivity (Wildman–Crippen MR) is 63.8 cm³/mol. The lowest BCUT2D eigenvalue weighted by Crippen LogP contribution is -2.06. The Morgan fingerprint density at radius 3 is 2.60 bits per heavy atom. The molecule has 0 saturated carbocycles. The van der Waals surface area contributed by atoms with Crippen LogP contribution in [-0.4, -0.2) is 18.0 Å². The van der Waals surface area contributed by atoms with Gasteiger partial charge in [-0.15, -0.1) is 0 Å². The van der Waals surface area contributed by atoms with Crippen LogP contribution in [0.5, 0.6) is 0 Å². The molecule has 1 unspecified atom stereocenters. The first-order valence-corrected chi connectivity index (χ1v) is 6.02. The second kappa shape index (κ2) is 9.91. The summed E-state index contributed by atoms with van der Waals surface area (Å²) in [5.74, 6) is 0.315. The molecule has 1 atom stereocenters. The molecule has 0 aliphatic heterocycles. The van der Waals surface area contributed by atoms with Crippen molar-refractivity contribution in [1.29, 1.82) is 0 Å². The highest BCUT2D eigenvalue weighted by Gasteiger charge is 2.12. The number of hydrogen-bond acceptors (Lipinski definition) is 2. The van der Waals surface area contributed by atoms with E-state index in [1.807, 2.05) is 0 Å². The second-order valence-corrected chi connectivity index (χ2v) is 3.95. The van der Waals surface area contributed by atoms with Gasteiger partial charge in [-0.1, -0.05) is 25.0 Å². The van der Waals surface area contributed by atoms with E-state index >= 15 is 0 Å². The Labute approximate surface area is 93.4 Å². The predicted octanol–water partition coefficient (Wildman–Crippen LogP) is 3.10. The molecular formula is C13H24O2. The van der Waals surface area contributed by atoms with Crippen molar-refractivity contribution in [3.05, 3.63) is 11.6 Å². The van der Waals surface area contributed by atoms with Crippen molar-refractivity contribution in [3.63, 3.8) is 0 Å². The first-order chi connectivity index (χ1) is 7.28. The van der Waals surface area contributed by atoms with Crippen LogP contribution < -0.4 is 0 Å². The van der Waals surface area contributed by atoms with Gasteiger partial charge in [-0.05, 0) is 39.0 Å². The molecule has 15 heavy (non-hydrogen) atoms. The number of allylic oxidation sites excluding steroid dienone is 2. The van der Waals surface area contributed by atoms with Gasteiger partial charge < -0.3 is 9.90 Å². The Hall–Kier alpha value is -0.630. The first kappa shape index (κ1) is 14.4. The van der Waals surface area contributed by atoms with E-state index in [0.29, 0.717) is 5.92 Å². The van der Waals surface area contributed by atoms with Crippen LogP contribution >= 0.6 is 0 Å². The van der Waals surface area contributed by atoms with E-state index in [4.69, 9.17) is 5.11 Å². The van der Waals surface area contributed by atoms with Gasteiger partial charge in [0, 0.05) is 12.5 Å². The maximum atomic E-state index is 10.5. The molecule has 0 aromatic heterocycles. The molecule has 88 valence electrons. The number of aldehydes is 1. The summed E-state index contributed by atoms with van der Waals surface area (Å²) in [7, 11) is 0. The summed E-state index contributed by atoms with van der Waals surface area (Å²) in [6, 6.07) is 0. The largest absolute Gasteiger partial charge is 0.397 e. The van der Waals surface area contributed by atoms with Crippen molar-refractivity contribution in [1.82, 2.24) is 0 Å². The molecular weight excluding hydrogens is 188 g/mol. The number of aliphatic hydroxyl groups excluding tert-OH is 1. The molecule has 1 aliphatic rings. The monoisotopic (exact) mass is 212 g/mol. The summed E-state index contributed by atoms with van der Waals surface area (Å²) in [6.07, 6.45) is 10.4. The Balaban J connectivity index is 0.000000583. The van der Waals surface area contributed by atoms with Gasteiger partial charge in [0.15, 0.2) is 0 Å². The number of unbranched alkanes of at least 4 members (excludes halogenated alkanes) is 1. The van der Waals surface area contributed by atoms with Crippen molar-refractivity contribution >= 4 is 6.29 Å². The zero-order valence-electron chi connectivity index (χ0n) is 10.0. The average Bonchev–Trinajstić information content (AvgIpc) is 2.28.